The van der Waals surface area contributed by atoms with Crippen LogP contribution in [-0.4, -0.2) is 29.0 Å². The van der Waals surface area contributed by atoms with Crippen molar-refractivity contribution in [3.05, 3.63) is 11.8 Å². The van der Waals surface area contributed by atoms with Gasteiger partial charge in [0.1, 0.15) is 0 Å². The fraction of sp³-hybridized carbons (Fsp3) is 0.818. The van der Waals surface area contributed by atoms with Crippen LogP contribution >= 0.6 is 0 Å². The molecule has 0 amide bonds. The van der Waals surface area contributed by atoms with Crippen LogP contribution in [0, 0.1) is 0 Å². The van der Waals surface area contributed by atoms with E-state index in [0.717, 1.165) is 6.42 Å². The molecular weight excluding hydrogens is 206 g/mol. The molecule has 0 aromatic carbocycles. The van der Waals surface area contributed by atoms with Crippen molar-refractivity contribution >= 4 is 0 Å². The minimum absolute atomic E-state index is 0.273. The molecule has 1 aromatic heterocycles. The van der Waals surface area contributed by atoms with Crippen molar-refractivity contribution in [2.75, 3.05) is 6.61 Å². The fourth-order valence-electron chi connectivity index (χ4n) is 1.78. The van der Waals surface area contributed by atoms with E-state index < -0.39 is 0 Å². The number of nitrogens with one attached hydrogen (secondary N) is 1. The van der Waals surface area contributed by atoms with E-state index in [1.165, 1.54) is 0 Å². The van der Waals surface area contributed by atoms with Gasteiger partial charge in [-0.25, -0.2) is 0 Å². The van der Waals surface area contributed by atoms with Crippen molar-refractivity contribution < 1.29 is 9.15 Å². The highest BCUT2D eigenvalue weighted by atomic mass is 16.5. The summed E-state index contributed by atoms with van der Waals surface area (Å²) >= 11 is 0. The van der Waals surface area contributed by atoms with Gasteiger partial charge in [0.15, 0.2) is 0 Å². The average Bonchev–Trinajstić information content (AvgIpc) is 2.83. The van der Waals surface area contributed by atoms with Gasteiger partial charge in [0, 0.05) is 6.04 Å². The molecule has 2 heterocycles. The van der Waals surface area contributed by atoms with E-state index in [1.807, 2.05) is 0 Å². The zero-order chi connectivity index (χ0) is 11.5. The second kappa shape index (κ2) is 4.93. The van der Waals surface area contributed by atoms with E-state index >= 15 is 0 Å². The van der Waals surface area contributed by atoms with Crippen molar-refractivity contribution in [2.45, 2.75) is 51.8 Å². The summed E-state index contributed by atoms with van der Waals surface area (Å²) < 4.78 is 11.1. The van der Waals surface area contributed by atoms with Gasteiger partial charge in [-0.1, -0.05) is 13.8 Å². The highest BCUT2D eigenvalue weighted by molar-refractivity contribution is 4.95. The topological polar surface area (TPSA) is 60.2 Å². The van der Waals surface area contributed by atoms with Crippen molar-refractivity contribution in [3.63, 3.8) is 0 Å². The van der Waals surface area contributed by atoms with Crippen LogP contribution in [0.15, 0.2) is 4.42 Å². The summed E-state index contributed by atoms with van der Waals surface area (Å²) in [5.41, 5.74) is 0. The Morgan fingerprint density at radius 3 is 2.88 bits per heavy atom. The number of hydrogen-bond donors (Lipinski definition) is 1. The summed E-state index contributed by atoms with van der Waals surface area (Å²) in [4.78, 5) is 0. The van der Waals surface area contributed by atoms with E-state index in [1.54, 1.807) is 0 Å². The van der Waals surface area contributed by atoms with E-state index in [-0.39, 0.29) is 5.92 Å². The molecule has 0 aliphatic carbocycles. The Morgan fingerprint density at radius 1 is 1.44 bits per heavy atom. The number of nitrogens with zero attached hydrogens (tertiary/aromatic N) is 2. The van der Waals surface area contributed by atoms with Crippen LogP contribution in [0.5, 0.6) is 0 Å². The largest absolute Gasteiger partial charge is 0.423 e. The number of rotatable bonds is 4. The third-order valence-corrected chi connectivity index (χ3v) is 2.69. The van der Waals surface area contributed by atoms with Crippen molar-refractivity contribution in [3.8, 4) is 0 Å². The maximum atomic E-state index is 5.60. The van der Waals surface area contributed by atoms with Crippen LogP contribution in [-0.2, 0) is 11.3 Å². The predicted molar refractivity (Wildman–Crippen MR) is 59.0 cm³/mol. The molecule has 0 radical (unpaired) electrons. The third-order valence-electron chi connectivity index (χ3n) is 2.69. The van der Waals surface area contributed by atoms with E-state index in [2.05, 4.69) is 36.3 Å². The van der Waals surface area contributed by atoms with Gasteiger partial charge in [-0.15, -0.1) is 10.2 Å². The van der Waals surface area contributed by atoms with Crippen LogP contribution in [0.4, 0.5) is 0 Å². The van der Waals surface area contributed by atoms with Crippen LogP contribution in [0.25, 0.3) is 0 Å². The Balaban J connectivity index is 1.91. The lowest BCUT2D eigenvalue weighted by molar-refractivity contribution is 0.122. The summed E-state index contributed by atoms with van der Waals surface area (Å²) in [6.07, 6.45) is 1.27. The molecule has 5 heteroatoms. The molecule has 1 aliphatic heterocycles. The maximum absolute atomic E-state index is 5.60. The quantitative estimate of drug-likeness (QED) is 0.840. The smallest absolute Gasteiger partial charge is 0.230 e. The Hall–Kier alpha value is -0.940. The van der Waals surface area contributed by atoms with Gasteiger partial charge in [-0.2, -0.15) is 0 Å². The second-order valence-electron chi connectivity index (χ2n) is 4.65. The zero-order valence-electron chi connectivity index (χ0n) is 10.1. The molecule has 0 bridgehead atoms. The molecule has 1 saturated heterocycles. The second-order valence-corrected chi connectivity index (χ2v) is 4.65. The summed E-state index contributed by atoms with van der Waals surface area (Å²) in [7, 11) is 0. The Bertz CT molecular complexity index is 338. The lowest BCUT2D eigenvalue weighted by Crippen LogP contribution is -2.21. The number of aromatic nitrogens is 2. The van der Waals surface area contributed by atoms with Gasteiger partial charge in [-0.05, 0) is 13.3 Å². The SMILES string of the molecule is CC(C)NCc1nnc(C2COC(C)C2)o1. The fourth-order valence-corrected chi connectivity index (χ4v) is 1.78. The first-order valence-electron chi connectivity index (χ1n) is 5.82. The monoisotopic (exact) mass is 225 g/mol. The zero-order valence-corrected chi connectivity index (χ0v) is 10.1. The van der Waals surface area contributed by atoms with Gasteiger partial charge in [0.05, 0.1) is 25.2 Å². The Labute approximate surface area is 95.6 Å². The molecule has 2 atom stereocenters. The first kappa shape index (κ1) is 11.5. The maximum Gasteiger partial charge on any atom is 0.230 e. The molecule has 1 N–H and O–H groups in total. The summed E-state index contributed by atoms with van der Waals surface area (Å²) in [6, 6.07) is 0.421. The average molecular weight is 225 g/mol. The molecule has 2 rings (SSSR count). The van der Waals surface area contributed by atoms with Crippen LogP contribution < -0.4 is 5.32 Å². The first-order chi connectivity index (χ1) is 7.65. The van der Waals surface area contributed by atoms with Gasteiger partial charge < -0.3 is 14.5 Å². The lowest BCUT2D eigenvalue weighted by Gasteiger charge is -2.04. The molecule has 90 valence electrons. The molecule has 16 heavy (non-hydrogen) atoms. The minimum Gasteiger partial charge on any atom is -0.423 e. The van der Waals surface area contributed by atoms with Crippen molar-refractivity contribution in [1.82, 2.24) is 15.5 Å². The normalized spacial score (nSPS) is 25.5. The van der Waals surface area contributed by atoms with Gasteiger partial charge >= 0.3 is 0 Å². The minimum atomic E-state index is 0.273. The van der Waals surface area contributed by atoms with E-state index in [4.69, 9.17) is 9.15 Å². The molecule has 5 nitrogen and oxygen atoms in total. The van der Waals surface area contributed by atoms with Gasteiger partial charge in [0.25, 0.3) is 0 Å². The molecule has 0 saturated carbocycles. The number of hydrogen-bond acceptors (Lipinski definition) is 5. The first-order valence-corrected chi connectivity index (χ1v) is 5.82. The van der Waals surface area contributed by atoms with Crippen molar-refractivity contribution in [2.24, 2.45) is 0 Å². The van der Waals surface area contributed by atoms with Crippen LogP contribution in [0.3, 0.4) is 0 Å². The summed E-state index contributed by atoms with van der Waals surface area (Å²) in [6.45, 7) is 7.57. The van der Waals surface area contributed by atoms with E-state index in [9.17, 15) is 0 Å². The standard InChI is InChI=1S/C11H19N3O2/c1-7(2)12-5-10-13-14-11(16-10)9-4-8(3)15-6-9/h7-9,12H,4-6H2,1-3H3. The third kappa shape index (κ3) is 2.80. The molecular formula is C11H19N3O2. The lowest BCUT2D eigenvalue weighted by atomic mass is 10.1. The molecule has 1 aromatic rings. The Kier molecular flexibility index (Phi) is 3.56. The Morgan fingerprint density at radius 2 is 2.25 bits per heavy atom. The van der Waals surface area contributed by atoms with Gasteiger partial charge in [0.2, 0.25) is 11.8 Å². The molecule has 0 spiro atoms. The molecule has 2 unspecified atom stereocenters. The van der Waals surface area contributed by atoms with Crippen molar-refractivity contribution in [1.29, 1.82) is 0 Å². The van der Waals surface area contributed by atoms with Crippen LogP contribution in [0.1, 0.15) is 44.9 Å². The summed E-state index contributed by atoms with van der Waals surface area (Å²) in [5.74, 6) is 1.64. The predicted octanol–water partition coefficient (Wildman–Crippen LogP) is 1.46. The molecule has 1 fully saturated rings. The number of ether oxygens (including phenoxy) is 1. The highest BCUT2D eigenvalue weighted by Crippen LogP contribution is 2.27. The van der Waals surface area contributed by atoms with E-state index in [0.29, 0.717) is 37.1 Å². The van der Waals surface area contributed by atoms with Crippen LogP contribution in [0.2, 0.25) is 0 Å². The van der Waals surface area contributed by atoms with Gasteiger partial charge in [-0.3, -0.25) is 0 Å². The highest BCUT2D eigenvalue weighted by Gasteiger charge is 2.27. The summed E-state index contributed by atoms with van der Waals surface area (Å²) in [5, 5.41) is 11.3. The molecule has 1 aliphatic rings.